The Kier molecular flexibility index (Phi) is 6.56. The van der Waals surface area contributed by atoms with Crippen molar-refractivity contribution in [3.63, 3.8) is 0 Å². The van der Waals surface area contributed by atoms with Crippen molar-refractivity contribution in [2.75, 3.05) is 0 Å². The molecule has 166 valence electrons. The molecule has 5 N–H and O–H groups in total. The Labute approximate surface area is 189 Å². The normalized spacial score (nSPS) is 16.4. The van der Waals surface area contributed by atoms with Gasteiger partial charge in [0.2, 0.25) is 5.91 Å². The first-order chi connectivity index (χ1) is 15.6. The first-order valence-corrected chi connectivity index (χ1v) is 11.4. The standard InChI is InChI=1S/C27H31N3O2/c28-18-21-12-6-5-11-20(21)17-23(27(26(29)32)14-7-2-8-15-27)24-25(31)22(13-16-30-24)19-9-3-1-4-10-19/h1,3-6,9-13,16,23,31H,2,7-8,14-15,17-18,28H2,(H2,29,32). The number of amides is 1. The van der Waals surface area contributed by atoms with Crippen LogP contribution in [0.1, 0.15) is 54.8 Å². The number of benzene rings is 2. The summed E-state index contributed by atoms with van der Waals surface area (Å²) in [5.41, 5.74) is 15.6. The number of pyridine rings is 1. The maximum absolute atomic E-state index is 13.0. The average Bonchev–Trinajstić information content (AvgIpc) is 2.84. The fraction of sp³-hybridized carbons (Fsp3) is 0.333. The smallest absolute Gasteiger partial charge is 0.224 e. The molecule has 5 nitrogen and oxygen atoms in total. The van der Waals surface area contributed by atoms with Gasteiger partial charge in [0.1, 0.15) is 5.75 Å². The van der Waals surface area contributed by atoms with Gasteiger partial charge in [-0.3, -0.25) is 9.78 Å². The van der Waals surface area contributed by atoms with Crippen molar-refractivity contribution < 1.29 is 9.90 Å². The second-order valence-electron chi connectivity index (χ2n) is 8.77. The number of rotatable bonds is 7. The Morgan fingerprint density at radius 3 is 2.28 bits per heavy atom. The molecule has 0 saturated heterocycles. The lowest BCUT2D eigenvalue weighted by atomic mass is 9.62. The van der Waals surface area contributed by atoms with E-state index in [2.05, 4.69) is 4.98 Å². The summed E-state index contributed by atoms with van der Waals surface area (Å²) >= 11 is 0. The molecule has 0 aliphatic heterocycles. The zero-order chi connectivity index (χ0) is 22.6. The Bertz CT molecular complexity index is 1080. The molecule has 1 atom stereocenters. The predicted molar refractivity (Wildman–Crippen MR) is 127 cm³/mol. The molecular formula is C27H31N3O2. The van der Waals surface area contributed by atoms with E-state index in [1.165, 1.54) is 0 Å². The van der Waals surface area contributed by atoms with E-state index >= 15 is 0 Å². The van der Waals surface area contributed by atoms with Gasteiger partial charge in [-0.15, -0.1) is 0 Å². The lowest BCUT2D eigenvalue weighted by Gasteiger charge is -2.41. The minimum Gasteiger partial charge on any atom is -0.505 e. The Morgan fingerprint density at radius 1 is 0.969 bits per heavy atom. The van der Waals surface area contributed by atoms with Gasteiger partial charge in [-0.1, -0.05) is 73.9 Å². The Hall–Kier alpha value is -3.18. The third kappa shape index (κ3) is 4.13. The van der Waals surface area contributed by atoms with Gasteiger partial charge in [0.15, 0.2) is 0 Å². The second kappa shape index (κ2) is 9.53. The van der Waals surface area contributed by atoms with Crippen LogP contribution in [0.4, 0.5) is 0 Å². The molecule has 1 aromatic heterocycles. The highest BCUT2D eigenvalue weighted by molar-refractivity contribution is 5.83. The minimum atomic E-state index is -0.750. The van der Waals surface area contributed by atoms with Gasteiger partial charge in [0.05, 0.1) is 11.1 Å². The molecule has 2 aromatic carbocycles. The number of aromatic hydroxyl groups is 1. The summed E-state index contributed by atoms with van der Waals surface area (Å²) in [4.78, 5) is 17.6. The van der Waals surface area contributed by atoms with Crippen LogP contribution in [-0.2, 0) is 17.8 Å². The largest absolute Gasteiger partial charge is 0.505 e. The van der Waals surface area contributed by atoms with E-state index in [-0.39, 0.29) is 17.6 Å². The number of aromatic nitrogens is 1. The molecule has 1 unspecified atom stereocenters. The number of nitrogens with two attached hydrogens (primary N) is 2. The lowest BCUT2D eigenvalue weighted by molar-refractivity contribution is -0.131. The van der Waals surface area contributed by atoms with Crippen molar-refractivity contribution in [1.82, 2.24) is 4.98 Å². The third-order valence-electron chi connectivity index (χ3n) is 7.03. The van der Waals surface area contributed by atoms with Gasteiger partial charge >= 0.3 is 0 Å². The number of nitrogens with zero attached hydrogens (tertiary/aromatic N) is 1. The van der Waals surface area contributed by atoms with Crippen molar-refractivity contribution in [3.8, 4) is 16.9 Å². The van der Waals surface area contributed by atoms with E-state index < -0.39 is 5.41 Å². The zero-order valence-electron chi connectivity index (χ0n) is 18.3. The van der Waals surface area contributed by atoms with E-state index in [0.717, 1.165) is 36.0 Å². The van der Waals surface area contributed by atoms with Crippen LogP contribution in [0.2, 0.25) is 0 Å². The SMILES string of the molecule is NCc1ccccc1CC(c1nccc(-c2ccccc2)c1O)C1(C(N)=O)CCCCC1. The van der Waals surface area contributed by atoms with Gasteiger partial charge in [0.25, 0.3) is 0 Å². The zero-order valence-corrected chi connectivity index (χ0v) is 18.3. The highest BCUT2D eigenvalue weighted by Gasteiger charge is 2.47. The lowest BCUT2D eigenvalue weighted by Crippen LogP contribution is -2.44. The molecule has 3 aromatic rings. The summed E-state index contributed by atoms with van der Waals surface area (Å²) in [6.45, 7) is 0.413. The van der Waals surface area contributed by atoms with E-state index in [9.17, 15) is 9.90 Å². The monoisotopic (exact) mass is 429 g/mol. The minimum absolute atomic E-state index is 0.125. The molecule has 1 aliphatic carbocycles. The van der Waals surface area contributed by atoms with Gasteiger partial charge in [-0.2, -0.15) is 0 Å². The first-order valence-electron chi connectivity index (χ1n) is 11.4. The molecule has 1 amide bonds. The molecule has 1 fully saturated rings. The molecule has 0 spiro atoms. The van der Waals surface area contributed by atoms with Gasteiger partial charge in [0, 0.05) is 24.2 Å². The molecule has 1 saturated carbocycles. The number of carbonyl (C=O) groups excluding carboxylic acids is 1. The van der Waals surface area contributed by atoms with Gasteiger partial charge in [-0.05, 0) is 42.0 Å². The molecule has 0 bridgehead atoms. The van der Waals surface area contributed by atoms with Crippen LogP contribution in [0, 0.1) is 5.41 Å². The summed E-state index contributed by atoms with van der Waals surface area (Å²) in [6.07, 6.45) is 6.65. The fourth-order valence-electron chi connectivity index (χ4n) is 5.25. The van der Waals surface area contributed by atoms with Crippen molar-refractivity contribution in [2.24, 2.45) is 16.9 Å². The molecule has 1 heterocycles. The fourth-order valence-corrected chi connectivity index (χ4v) is 5.25. The van der Waals surface area contributed by atoms with Crippen molar-refractivity contribution in [2.45, 2.75) is 51.0 Å². The first kappa shape index (κ1) is 22.0. The second-order valence-corrected chi connectivity index (χ2v) is 8.77. The predicted octanol–water partition coefficient (Wildman–Crippen LogP) is 4.68. The molecule has 4 rings (SSSR count). The molecular weight excluding hydrogens is 398 g/mol. The van der Waals surface area contributed by atoms with Gasteiger partial charge < -0.3 is 16.6 Å². The van der Waals surface area contributed by atoms with E-state index in [1.807, 2.05) is 60.7 Å². The third-order valence-corrected chi connectivity index (χ3v) is 7.03. The van der Waals surface area contributed by atoms with Crippen molar-refractivity contribution in [3.05, 3.63) is 83.7 Å². The molecule has 0 radical (unpaired) electrons. The summed E-state index contributed by atoms with van der Waals surface area (Å²) in [7, 11) is 0. The van der Waals surface area contributed by atoms with Crippen LogP contribution in [0.5, 0.6) is 5.75 Å². The highest BCUT2D eigenvalue weighted by atomic mass is 16.3. The van der Waals surface area contributed by atoms with Gasteiger partial charge in [-0.25, -0.2) is 0 Å². The average molecular weight is 430 g/mol. The Balaban J connectivity index is 1.87. The van der Waals surface area contributed by atoms with Crippen LogP contribution in [0.3, 0.4) is 0 Å². The quantitative estimate of drug-likeness (QED) is 0.508. The van der Waals surface area contributed by atoms with Crippen LogP contribution in [0.25, 0.3) is 11.1 Å². The summed E-state index contributed by atoms with van der Waals surface area (Å²) in [6, 6.07) is 19.6. The molecule has 32 heavy (non-hydrogen) atoms. The number of hydrogen-bond acceptors (Lipinski definition) is 4. The van der Waals surface area contributed by atoms with Crippen LogP contribution in [-0.4, -0.2) is 16.0 Å². The highest BCUT2D eigenvalue weighted by Crippen LogP contribution is 2.51. The van der Waals surface area contributed by atoms with Crippen LogP contribution >= 0.6 is 0 Å². The van der Waals surface area contributed by atoms with Crippen LogP contribution in [0.15, 0.2) is 66.9 Å². The van der Waals surface area contributed by atoms with E-state index in [1.54, 1.807) is 6.20 Å². The molecule has 5 heteroatoms. The summed E-state index contributed by atoms with van der Waals surface area (Å²) in [5, 5.41) is 11.4. The van der Waals surface area contributed by atoms with Crippen molar-refractivity contribution >= 4 is 5.91 Å². The Morgan fingerprint density at radius 2 is 1.62 bits per heavy atom. The maximum atomic E-state index is 13.0. The number of carbonyl (C=O) groups is 1. The van der Waals surface area contributed by atoms with Crippen molar-refractivity contribution in [1.29, 1.82) is 0 Å². The van der Waals surface area contributed by atoms with E-state index in [4.69, 9.17) is 11.5 Å². The number of hydrogen-bond donors (Lipinski definition) is 3. The summed E-state index contributed by atoms with van der Waals surface area (Å²) in [5.74, 6) is -0.518. The number of primary amides is 1. The molecule has 1 aliphatic rings. The summed E-state index contributed by atoms with van der Waals surface area (Å²) < 4.78 is 0. The van der Waals surface area contributed by atoms with Crippen LogP contribution < -0.4 is 11.5 Å². The topological polar surface area (TPSA) is 102 Å². The maximum Gasteiger partial charge on any atom is 0.224 e. The van der Waals surface area contributed by atoms with E-state index in [0.29, 0.717) is 37.1 Å².